The standard InChI is InChI=1S/C16H22ClN3/c1-3-14-16(17)15(20(4-2)19-14)12-18-11-10-13-8-6-5-7-9-13/h5-9,18H,3-4,10-12H2,1-2H3. The third-order valence-electron chi connectivity index (χ3n) is 3.42. The molecule has 1 aromatic carbocycles. The van der Waals surface area contributed by atoms with Gasteiger partial charge in [-0.05, 0) is 31.9 Å². The molecule has 0 atom stereocenters. The summed E-state index contributed by atoms with van der Waals surface area (Å²) in [6, 6.07) is 10.5. The van der Waals surface area contributed by atoms with Crippen molar-refractivity contribution in [2.24, 2.45) is 0 Å². The fourth-order valence-corrected chi connectivity index (χ4v) is 2.61. The summed E-state index contributed by atoms with van der Waals surface area (Å²) in [5, 5.41) is 8.81. The number of nitrogens with one attached hydrogen (secondary N) is 1. The lowest BCUT2D eigenvalue weighted by molar-refractivity contribution is 0.578. The Balaban J connectivity index is 1.89. The van der Waals surface area contributed by atoms with Gasteiger partial charge < -0.3 is 5.32 Å². The van der Waals surface area contributed by atoms with Gasteiger partial charge in [0, 0.05) is 13.1 Å². The van der Waals surface area contributed by atoms with E-state index < -0.39 is 0 Å². The van der Waals surface area contributed by atoms with E-state index in [0.717, 1.165) is 48.9 Å². The van der Waals surface area contributed by atoms with E-state index in [0.29, 0.717) is 0 Å². The minimum Gasteiger partial charge on any atom is -0.311 e. The highest BCUT2D eigenvalue weighted by atomic mass is 35.5. The Bertz CT molecular complexity index is 534. The molecule has 0 aliphatic carbocycles. The van der Waals surface area contributed by atoms with Crippen LogP contribution in [-0.2, 0) is 25.9 Å². The van der Waals surface area contributed by atoms with Gasteiger partial charge in [0.15, 0.2) is 0 Å². The van der Waals surface area contributed by atoms with Gasteiger partial charge in [0.2, 0.25) is 0 Å². The molecular weight excluding hydrogens is 270 g/mol. The van der Waals surface area contributed by atoms with Crippen LogP contribution in [0.3, 0.4) is 0 Å². The maximum absolute atomic E-state index is 6.38. The number of hydrogen-bond acceptors (Lipinski definition) is 2. The zero-order chi connectivity index (χ0) is 14.4. The molecule has 0 saturated carbocycles. The van der Waals surface area contributed by atoms with Crippen LogP contribution < -0.4 is 5.32 Å². The van der Waals surface area contributed by atoms with Crippen LogP contribution in [0.25, 0.3) is 0 Å². The lowest BCUT2D eigenvalue weighted by Gasteiger charge is -2.07. The summed E-state index contributed by atoms with van der Waals surface area (Å²) in [6.07, 6.45) is 1.90. The van der Waals surface area contributed by atoms with Gasteiger partial charge in [0.05, 0.1) is 16.4 Å². The van der Waals surface area contributed by atoms with E-state index in [4.69, 9.17) is 11.6 Å². The molecule has 20 heavy (non-hydrogen) atoms. The number of benzene rings is 1. The summed E-state index contributed by atoms with van der Waals surface area (Å²) in [4.78, 5) is 0. The normalized spacial score (nSPS) is 10.9. The highest BCUT2D eigenvalue weighted by Gasteiger charge is 2.13. The summed E-state index contributed by atoms with van der Waals surface area (Å²) >= 11 is 6.38. The van der Waals surface area contributed by atoms with Gasteiger partial charge in [-0.3, -0.25) is 4.68 Å². The number of rotatable bonds is 7. The number of aryl methyl sites for hydroxylation is 2. The highest BCUT2D eigenvalue weighted by Crippen LogP contribution is 2.21. The number of hydrogen-bond donors (Lipinski definition) is 1. The molecule has 0 saturated heterocycles. The first-order valence-corrected chi connectivity index (χ1v) is 7.62. The molecule has 0 spiro atoms. The first-order valence-electron chi connectivity index (χ1n) is 7.25. The molecule has 1 heterocycles. The van der Waals surface area contributed by atoms with E-state index in [1.165, 1.54) is 5.56 Å². The van der Waals surface area contributed by atoms with Crippen molar-refractivity contribution in [3.05, 3.63) is 52.3 Å². The minimum absolute atomic E-state index is 0.770. The Morgan fingerprint density at radius 2 is 1.95 bits per heavy atom. The van der Waals surface area contributed by atoms with E-state index in [9.17, 15) is 0 Å². The zero-order valence-corrected chi connectivity index (χ0v) is 13.0. The lowest BCUT2D eigenvalue weighted by Crippen LogP contribution is -2.19. The Labute approximate surface area is 126 Å². The zero-order valence-electron chi connectivity index (χ0n) is 12.2. The monoisotopic (exact) mass is 291 g/mol. The average molecular weight is 292 g/mol. The molecule has 0 aliphatic heterocycles. The Kier molecular flexibility index (Phi) is 5.62. The van der Waals surface area contributed by atoms with Crippen LogP contribution in [-0.4, -0.2) is 16.3 Å². The summed E-state index contributed by atoms with van der Waals surface area (Å²) in [5.74, 6) is 0. The first kappa shape index (κ1) is 15.1. The van der Waals surface area contributed by atoms with Crippen LogP contribution in [0.2, 0.25) is 5.02 Å². The van der Waals surface area contributed by atoms with Gasteiger partial charge in [-0.1, -0.05) is 48.9 Å². The van der Waals surface area contributed by atoms with Crippen molar-refractivity contribution in [2.45, 2.75) is 39.8 Å². The van der Waals surface area contributed by atoms with Crippen LogP contribution >= 0.6 is 11.6 Å². The van der Waals surface area contributed by atoms with Gasteiger partial charge in [0.1, 0.15) is 0 Å². The largest absolute Gasteiger partial charge is 0.311 e. The number of aromatic nitrogens is 2. The van der Waals surface area contributed by atoms with E-state index in [2.05, 4.69) is 48.5 Å². The molecule has 2 rings (SSSR count). The van der Waals surface area contributed by atoms with Crippen LogP contribution in [0.5, 0.6) is 0 Å². The molecule has 0 bridgehead atoms. The van der Waals surface area contributed by atoms with Gasteiger partial charge in [-0.2, -0.15) is 5.10 Å². The molecule has 0 fully saturated rings. The predicted octanol–water partition coefficient (Wildman–Crippen LogP) is 3.45. The van der Waals surface area contributed by atoms with E-state index >= 15 is 0 Å². The molecule has 108 valence electrons. The van der Waals surface area contributed by atoms with Gasteiger partial charge in [0.25, 0.3) is 0 Å². The van der Waals surface area contributed by atoms with E-state index in [1.54, 1.807) is 0 Å². The molecular formula is C16H22ClN3. The van der Waals surface area contributed by atoms with Crippen LogP contribution in [0, 0.1) is 0 Å². The predicted molar refractivity (Wildman–Crippen MR) is 84.1 cm³/mol. The summed E-state index contributed by atoms with van der Waals surface area (Å²) in [6.45, 7) is 6.75. The van der Waals surface area contributed by atoms with Crippen molar-refractivity contribution >= 4 is 11.6 Å². The van der Waals surface area contributed by atoms with Crippen molar-refractivity contribution in [2.75, 3.05) is 6.54 Å². The third-order valence-corrected chi connectivity index (χ3v) is 3.86. The Hall–Kier alpha value is -1.32. The number of nitrogens with zero attached hydrogens (tertiary/aromatic N) is 2. The smallest absolute Gasteiger partial charge is 0.0863 e. The molecule has 0 unspecified atom stereocenters. The topological polar surface area (TPSA) is 29.9 Å². The maximum Gasteiger partial charge on any atom is 0.0863 e. The van der Waals surface area contributed by atoms with Gasteiger partial charge in [-0.25, -0.2) is 0 Å². The SMILES string of the molecule is CCc1nn(CC)c(CNCCc2ccccc2)c1Cl. The highest BCUT2D eigenvalue weighted by molar-refractivity contribution is 6.31. The Morgan fingerprint density at radius 3 is 2.60 bits per heavy atom. The first-order chi connectivity index (χ1) is 9.76. The molecule has 4 heteroatoms. The fraction of sp³-hybridized carbons (Fsp3) is 0.438. The summed E-state index contributed by atoms with van der Waals surface area (Å²) < 4.78 is 2.00. The van der Waals surface area contributed by atoms with Crippen molar-refractivity contribution in [1.82, 2.24) is 15.1 Å². The molecule has 0 radical (unpaired) electrons. The second kappa shape index (κ2) is 7.46. The second-order valence-electron chi connectivity index (χ2n) is 4.79. The van der Waals surface area contributed by atoms with Gasteiger partial charge >= 0.3 is 0 Å². The Morgan fingerprint density at radius 1 is 1.20 bits per heavy atom. The quantitative estimate of drug-likeness (QED) is 0.792. The van der Waals surface area contributed by atoms with Crippen molar-refractivity contribution < 1.29 is 0 Å². The molecule has 0 amide bonds. The molecule has 2 aromatic rings. The second-order valence-corrected chi connectivity index (χ2v) is 5.17. The van der Waals surface area contributed by atoms with Crippen molar-refractivity contribution in [3.8, 4) is 0 Å². The van der Waals surface area contributed by atoms with Gasteiger partial charge in [-0.15, -0.1) is 0 Å². The average Bonchev–Trinajstić information content (AvgIpc) is 2.80. The lowest BCUT2D eigenvalue weighted by atomic mass is 10.1. The molecule has 3 nitrogen and oxygen atoms in total. The van der Waals surface area contributed by atoms with E-state index in [1.807, 2.05) is 10.7 Å². The van der Waals surface area contributed by atoms with E-state index in [-0.39, 0.29) is 0 Å². The molecule has 0 aliphatic rings. The van der Waals surface area contributed by atoms with Crippen LogP contribution in [0.1, 0.15) is 30.8 Å². The van der Waals surface area contributed by atoms with Crippen LogP contribution in [0.4, 0.5) is 0 Å². The number of halogens is 1. The molecule has 1 aromatic heterocycles. The van der Waals surface area contributed by atoms with Crippen molar-refractivity contribution in [3.63, 3.8) is 0 Å². The van der Waals surface area contributed by atoms with Crippen molar-refractivity contribution in [1.29, 1.82) is 0 Å². The minimum atomic E-state index is 0.770. The third kappa shape index (κ3) is 3.62. The summed E-state index contributed by atoms with van der Waals surface area (Å²) in [5.41, 5.74) is 3.44. The fourth-order valence-electron chi connectivity index (χ4n) is 2.27. The van der Waals surface area contributed by atoms with Crippen LogP contribution in [0.15, 0.2) is 30.3 Å². The molecule has 1 N–H and O–H groups in total. The summed E-state index contributed by atoms with van der Waals surface area (Å²) in [7, 11) is 0. The maximum atomic E-state index is 6.38.